The smallest absolute Gasteiger partial charge is 0.220 e. The van der Waals surface area contributed by atoms with Gasteiger partial charge >= 0.3 is 0 Å². The van der Waals surface area contributed by atoms with Crippen LogP contribution in [0, 0.1) is 0 Å². The molecule has 0 aliphatic rings. The summed E-state index contributed by atoms with van der Waals surface area (Å²) in [7, 11) is 3.15. The molecule has 2 aromatic carbocycles. The number of H-pyrrole nitrogens is 1. The minimum absolute atomic E-state index is 0.0697. The Morgan fingerprint density at radius 1 is 1.17 bits per heavy atom. The average Bonchev–Trinajstić information content (AvgIpc) is 3.24. The SMILES string of the molecule is COc1ccc(CCC(=O)NCC(O)COc2cccc3[nH]ncc23)cc1OC. The van der Waals surface area contributed by atoms with Crippen molar-refractivity contribution in [3.8, 4) is 17.2 Å². The van der Waals surface area contributed by atoms with Crippen LogP contribution in [0.25, 0.3) is 10.9 Å². The van der Waals surface area contributed by atoms with Crippen molar-refractivity contribution in [2.24, 2.45) is 0 Å². The summed E-state index contributed by atoms with van der Waals surface area (Å²) >= 11 is 0. The Morgan fingerprint density at radius 2 is 2.00 bits per heavy atom. The van der Waals surface area contributed by atoms with E-state index < -0.39 is 6.10 Å². The topological polar surface area (TPSA) is 106 Å². The fraction of sp³-hybridized carbons (Fsp3) is 0.333. The van der Waals surface area contributed by atoms with Gasteiger partial charge in [0, 0.05) is 13.0 Å². The summed E-state index contributed by atoms with van der Waals surface area (Å²) < 4.78 is 16.1. The summed E-state index contributed by atoms with van der Waals surface area (Å²) in [4.78, 5) is 12.1. The minimum Gasteiger partial charge on any atom is -0.493 e. The molecule has 1 unspecified atom stereocenters. The van der Waals surface area contributed by atoms with Crippen LogP contribution in [0.15, 0.2) is 42.6 Å². The van der Waals surface area contributed by atoms with Gasteiger partial charge in [0.2, 0.25) is 5.91 Å². The third kappa shape index (κ3) is 5.39. The van der Waals surface area contributed by atoms with Crippen molar-refractivity contribution in [3.63, 3.8) is 0 Å². The molecule has 0 radical (unpaired) electrons. The number of carbonyl (C=O) groups is 1. The number of rotatable bonds is 10. The minimum atomic E-state index is -0.817. The Labute approximate surface area is 168 Å². The predicted molar refractivity (Wildman–Crippen MR) is 108 cm³/mol. The zero-order chi connectivity index (χ0) is 20.6. The van der Waals surface area contributed by atoms with Gasteiger partial charge < -0.3 is 24.6 Å². The van der Waals surface area contributed by atoms with E-state index in [9.17, 15) is 9.90 Å². The second-order valence-electron chi connectivity index (χ2n) is 6.55. The van der Waals surface area contributed by atoms with Gasteiger partial charge in [-0.1, -0.05) is 12.1 Å². The van der Waals surface area contributed by atoms with Crippen molar-refractivity contribution in [1.82, 2.24) is 15.5 Å². The first-order valence-corrected chi connectivity index (χ1v) is 9.31. The molecular formula is C21H25N3O5. The van der Waals surface area contributed by atoms with E-state index >= 15 is 0 Å². The molecule has 3 N–H and O–H groups in total. The van der Waals surface area contributed by atoms with E-state index in [1.165, 1.54) is 0 Å². The van der Waals surface area contributed by atoms with Crippen LogP contribution in [-0.4, -0.2) is 54.7 Å². The number of aliphatic hydroxyl groups excluding tert-OH is 1. The number of aromatic nitrogens is 2. The van der Waals surface area contributed by atoms with Gasteiger partial charge in [0.15, 0.2) is 11.5 Å². The Kier molecular flexibility index (Phi) is 6.91. The van der Waals surface area contributed by atoms with Gasteiger partial charge in [0.05, 0.1) is 31.3 Å². The second-order valence-corrected chi connectivity index (χ2v) is 6.55. The van der Waals surface area contributed by atoms with Crippen LogP contribution in [-0.2, 0) is 11.2 Å². The molecule has 154 valence electrons. The normalized spacial score (nSPS) is 11.8. The molecular weight excluding hydrogens is 374 g/mol. The molecule has 3 rings (SSSR count). The molecule has 0 aliphatic carbocycles. The number of benzene rings is 2. The average molecular weight is 399 g/mol. The highest BCUT2D eigenvalue weighted by Gasteiger charge is 2.11. The Bertz CT molecular complexity index is 956. The van der Waals surface area contributed by atoms with E-state index in [-0.39, 0.29) is 19.1 Å². The van der Waals surface area contributed by atoms with Gasteiger partial charge in [0.25, 0.3) is 0 Å². The number of nitrogens with one attached hydrogen (secondary N) is 2. The first-order chi connectivity index (χ1) is 14.1. The number of fused-ring (bicyclic) bond motifs is 1. The molecule has 0 aliphatic heterocycles. The van der Waals surface area contributed by atoms with Gasteiger partial charge in [-0.3, -0.25) is 9.89 Å². The molecule has 1 amide bonds. The van der Waals surface area contributed by atoms with E-state index in [0.29, 0.717) is 30.1 Å². The fourth-order valence-corrected chi connectivity index (χ4v) is 2.93. The second kappa shape index (κ2) is 9.79. The lowest BCUT2D eigenvalue weighted by Crippen LogP contribution is -2.35. The maximum absolute atomic E-state index is 12.1. The molecule has 1 aromatic heterocycles. The van der Waals surface area contributed by atoms with Crippen molar-refractivity contribution in [2.45, 2.75) is 18.9 Å². The number of nitrogens with zero attached hydrogens (tertiary/aromatic N) is 1. The number of amides is 1. The van der Waals surface area contributed by atoms with Crippen LogP contribution in [0.5, 0.6) is 17.2 Å². The summed E-state index contributed by atoms with van der Waals surface area (Å²) in [5, 5.41) is 20.5. The third-order valence-corrected chi connectivity index (χ3v) is 4.50. The summed E-state index contributed by atoms with van der Waals surface area (Å²) in [6, 6.07) is 11.1. The van der Waals surface area contributed by atoms with Crippen LogP contribution in [0.4, 0.5) is 0 Å². The number of aliphatic hydroxyl groups is 1. The Morgan fingerprint density at radius 3 is 2.79 bits per heavy atom. The number of carbonyl (C=O) groups excluding carboxylic acids is 1. The number of aryl methyl sites for hydroxylation is 1. The predicted octanol–water partition coefficient (Wildman–Crippen LogP) is 2.07. The highest BCUT2D eigenvalue weighted by Crippen LogP contribution is 2.28. The van der Waals surface area contributed by atoms with Crippen LogP contribution in [0.3, 0.4) is 0 Å². The molecule has 1 heterocycles. The van der Waals surface area contributed by atoms with Crippen LogP contribution < -0.4 is 19.5 Å². The van der Waals surface area contributed by atoms with E-state index in [0.717, 1.165) is 16.5 Å². The van der Waals surface area contributed by atoms with Crippen molar-refractivity contribution < 1.29 is 24.1 Å². The lowest BCUT2D eigenvalue weighted by Gasteiger charge is -2.14. The summed E-state index contributed by atoms with van der Waals surface area (Å²) in [5.74, 6) is 1.77. The highest BCUT2D eigenvalue weighted by atomic mass is 16.5. The molecule has 0 saturated carbocycles. The quantitative estimate of drug-likeness (QED) is 0.482. The van der Waals surface area contributed by atoms with E-state index in [1.807, 2.05) is 36.4 Å². The van der Waals surface area contributed by atoms with Gasteiger partial charge in [-0.05, 0) is 36.2 Å². The van der Waals surface area contributed by atoms with Crippen molar-refractivity contribution in [3.05, 3.63) is 48.2 Å². The molecule has 0 spiro atoms. The van der Waals surface area contributed by atoms with Gasteiger partial charge in [-0.2, -0.15) is 5.10 Å². The van der Waals surface area contributed by atoms with Gasteiger partial charge in [-0.15, -0.1) is 0 Å². The summed E-state index contributed by atoms with van der Waals surface area (Å²) in [6.07, 6.45) is 1.72. The molecule has 29 heavy (non-hydrogen) atoms. The monoisotopic (exact) mass is 399 g/mol. The molecule has 8 heteroatoms. The molecule has 1 atom stereocenters. The number of hydrogen-bond acceptors (Lipinski definition) is 6. The fourth-order valence-electron chi connectivity index (χ4n) is 2.93. The molecule has 0 saturated heterocycles. The van der Waals surface area contributed by atoms with E-state index in [1.54, 1.807) is 20.4 Å². The number of aromatic amines is 1. The number of ether oxygens (including phenoxy) is 3. The van der Waals surface area contributed by atoms with Gasteiger partial charge in [-0.25, -0.2) is 0 Å². The van der Waals surface area contributed by atoms with Crippen LogP contribution in [0.2, 0.25) is 0 Å². The largest absolute Gasteiger partial charge is 0.493 e. The Balaban J connectivity index is 1.41. The summed E-state index contributed by atoms with van der Waals surface area (Å²) in [5.41, 5.74) is 1.83. The van der Waals surface area contributed by atoms with Crippen molar-refractivity contribution >= 4 is 16.8 Å². The lowest BCUT2D eigenvalue weighted by molar-refractivity contribution is -0.121. The first kappa shape index (κ1) is 20.5. The molecule has 0 fully saturated rings. The molecule has 8 nitrogen and oxygen atoms in total. The number of hydrogen-bond donors (Lipinski definition) is 3. The third-order valence-electron chi connectivity index (χ3n) is 4.50. The van der Waals surface area contributed by atoms with E-state index in [2.05, 4.69) is 15.5 Å². The Hall–Kier alpha value is -3.26. The molecule has 3 aromatic rings. The zero-order valence-corrected chi connectivity index (χ0v) is 16.5. The van der Waals surface area contributed by atoms with Crippen molar-refractivity contribution in [2.75, 3.05) is 27.4 Å². The maximum Gasteiger partial charge on any atom is 0.220 e. The van der Waals surface area contributed by atoms with Crippen LogP contribution in [0.1, 0.15) is 12.0 Å². The zero-order valence-electron chi connectivity index (χ0n) is 16.5. The molecule has 0 bridgehead atoms. The maximum atomic E-state index is 12.1. The van der Waals surface area contributed by atoms with E-state index in [4.69, 9.17) is 14.2 Å². The lowest BCUT2D eigenvalue weighted by atomic mass is 10.1. The number of methoxy groups -OCH3 is 2. The standard InChI is InChI=1S/C21H25N3O5/c1-27-19-8-6-14(10-20(19)28-2)7-9-21(26)22-11-15(25)13-29-18-5-3-4-17-16(18)12-23-24-17/h3-6,8,10,12,15,25H,7,9,11,13H2,1-2H3,(H,22,26)(H,23,24). The highest BCUT2D eigenvalue weighted by molar-refractivity contribution is 5.84. The van der Waals surface area contributed by atoms with Gasteiger partial charge in [0.1, 0.15) is 18.5 Å². The van der Waals surface area contributed by atoms with Crippen LogP contribution >= 0.6 is 0 Å². The first-order valence-electron chi connectivity index (χ1n) is 9.31. The van der Waals surface area contributed by atoms with Crippen molar-refractivity contribution in [1.29, 1.82) is 0 Å². The summed E-state index contributed by atoms with van der Waals surface area (Å²) in [6.45, 7) is 0.187.